The van der Waals surface area contributed by atoms with Crippen LogP contribution in [0.3, 0.4) is 0 Å². The van der Waals surface area contributed by atoms with Gasteiger partial charge in [-0.05, 0) is 52.5 Å². The number of carbonyl (C=O) groups is 1. The molecule has 3 N–H and O–H groups in total. The Bertz CT molecular complexity index is 691. The molecular formula is C18H20BrNO4. The Hall–Kier alpha value is -2.05. The summed E-state index contributed by atoms with van der Waals surface area (Å²) in [7, 11) is 0. The molecule has 0 radical (unpaired) electrons. The summed E-state index contributed by atoms with van der Waals surface area (Å²) in [5.41, 5.74) is 1.78. The lowest BCUT2D eigenvalue weighted by Gasteiger charge is -2.16. The van der Waals surface area contributed by atoms with Gasteiger partial charge in [0.25, 0.3) is 0 Å². The standard InChI is InChI=1S/C18H20BrNO4/c1-2-24-16-10-13(8-14(19)17(16)21)11-20-15(18(22)23)9-12-6-4-3-5-7-12/h3-8,10,15,20-21H,2,9,11H2,1H3,(H,22,23)/t15-/m1/s1. The molecule has 0 amide bonds. The third-order valence-corrected chi connectivity index (χ3v) is 4.13. The smallest absolute Gasteiger partial charge is 0.321 e. The number of aromatic hydroxyl groups is 1. The number of benzene rings is 2. The maximum atomic E-state index is 11.5. The summed E-state index contributed by atoms with van der Waals surface area (Å²) in [5, 5.41) is 22.4. The van der Waals surface area contributed by atoms with Gasteiger partial charge in [-0.1, -0.05) is 30.3 Å². The first-order chi connectivity index (χ1) is 11.5. The van der Waals surface area contributed by atoms with E-state index in [0.717, 1.165) is 11.1 Å². The van der Waals surface area contributed by atoms with E-state index in [0.29, 0.717) is 29.8 Å². The molecule has 0 saturated heterocycles. The van der Waals surface area contributed by atoms with Crippen molar-refractivity contribution in [3.8, 4) is 11.5 Å². The molecule has 128 valence electrons. The van der Waals surface area contributed by atoms with E-state index in [9.17, 15) is 15.0 Å². The highest BCUT2D eigenvalue weighted by Gasteiger charge is 2.18. The molecule has 0 fully saturated rings. The third kappa shape index (κ3) is 4.97. The Morgan fingerprint density at radius 3 is 2.58 bits per heavy atom. The second kappa shape index (κ2) is 8.70. The first-order valence-electron chi connectivity index (χ1n) is 7.65. The zero-order valence-electron chi connectivity index (χ0n) is 13.3. The van der Waals surface area contributed by atoms with Crippen LogP contribution in [0, 0.1) is 0 Å². The van der Waals surface area contributed by atoms with Gasteiger partial charge in [-0.15, -0.1) is 0 Å². The van der Waals surface area contributed by atoms with Gasteiger partial charge in [0.15, 0.2) is 11.5 Å². The molecule has 0 aliphatic carbocycles. The molecule has 5 nitrogen and oxygen atoms in total. The zero-order chi connectivity index (χ0) is 17.5. The summed E-state index contributed by atoms with van der Waals surface area (Å²) >= 11 is 3.28. The summed E-state index contributed by atoms with van der Waals surface area (Å²) in [6.07, 6.45) is 0.397. The number of hydrogen-bond donors (Lipinski definition) is 3. The van der Waals surface area contributed by atoms with Gasteiger partial charge in [-0.2, -0.15) is 0 Å². The van der Waals surface area contributed by atoms with E-state index in [2.05, 4.69) is 21.2 Å². The number of aliphatic carboxylic acids is 1. The normalized spacial score (nSPS) is 11.9. The van der Waals surface area contributed by atoms with Crippen molar-refractivity contribution in [3.05, 3.63) is 58.1 Å². The lowest BCUT2D eigenvalue weighted by atomic mass is 10.1. The Balaban J connectivity index is 2.08. The van der Waals surface area contributed by atoms with E-state index < -0.39 is 12.0 Å². The van der Waals surface area contributed by atoms with Gasteiger partial charge in [-0.3, -0.25) is 4.79 Å². The SMILES string of the molecule is CCOc1cc(CN[C@H](Cc2ccccc2)C(=O)O)cc(Br)c1O. The summed E-state index contributed by atoms with van der Waals surface area (Å²) in [6, 6.07) is 12.2. The number of phenols is 1. The van der Waals surface area contributed by atoms with Crippen LogP contribution < -0.4 is 10.1 Å². The molecule has 2 aromatic rings. The molecule has 0 aromatic heterocycles. The zero-order valence-corrected chi connectivity index (χ0v) is 14.9. The van der Waals surface area contributed by atoms with Gasteiger partial charge in [-0.25, -0.2) is 0 Å². The van der Waals surface area contributed by atoms with Gasteiger partial charge in [0.2, 0.25) is 0 Å². The highest BCUT2D eigenvalue weighted by Crippen LogP contribution is 2.35. The number of ether oxygens (including phenoxy) is 1. The number of rotatable bonds is 8. The van der Waals surface area contributed by atoms with E-state index in [1.54, 1.807) is 12.1 Å². The quantitative estimate of drug-likeness (QED) is 0.640. The lowest BCUT2D eigenvalue weighted by molar-refractivity contribution is -0.139. The summed E-state index contributed by atoms with van der Waals surface area (Å²) < 4.78 is 5.90. The molecule has 0 unspecified atom stereocenters. The van der Waals surface area contributed by atoms with Crippen molar-refractivity contribution in [2.24, 2.45) is 0 Å². The maximum Gasteiger partial charge on any atom is 0.321 e. The Morgan fingerprint density at radius 2 is 1.96 bits per heavy atom. The Kier molecular flexibility index (Phi) is 6.63. The predicted octanol–water partition coefficient (Wildman–Crippen LogP) is 3.34. The van der Waals surface area contributed by atoms with Crippen molar-refractivity contribution in [1.82, 2.24) is 5.32 Å². The van der Waals surface area contributed by atoms with E-state index in [1.807, 2.05) is 37.3 Å². The van der Waals surface area contributed by atoms with Gasteiger partial charge >= 0.3 is 5.97 Å². The highest BCUT2D eigenvalue weighted by atomic mass is 79.9. The molecule has 2 aromatic carbocycles. The van der Waals surface area contributed by atoms with Crippen molar-refractivity contribution >= 4 is 21.9 Å². The van der Waals surface area contributed by atoms with Crippen LogP contribution in [0.25, 0.3) is 0 Å². The van der Waals surface area contributed by atoms with E-state index >= 15 is 0 Å². The van der Waals surface area contributed by atoms with Crippen molar-refractivity contribution in [1.29, 1.82) is 0 Å². The monoisotopic (exact) mass is 393 g/mol. The fourth-order valence-electron chi connectivity index (χ4n) is 2.33. The molecule has 1 atom stereocenters. The van der Waals surface area contributed by atoms with Crippen LogP contribution in [-0.4, -0.2) is 28.8 Å². The first-order valence-corrected chi connectivity index (χ1v) is 8.44. The van der Waals surface area contributed by atoms with Gasteiger partial charge in [0, 0.05) is 6.54 Å². The first kappa shape index (κ1) is 18.3. The minimum absolute atomic E-state index is 0.0414. The Morgan fingerprint density at radius 1 is 1.25 bits per heavy atom. The van der Waals surface area contributed by atoms with E-state index in [1.165, 1.54) is 0 Å². The molecule has 0 heterocycles. The molecule has 0 spiro atoms. The van der Waals surface area contributed by atoms with Crippen molar-refractivity contribution in [3.63, 3.8) is 0 Å². The topological polar surface area (TPSA) is 78.8 Å². The van der Waals surface area contributed by atoms with Crippen LogP contribution in [0.2, 0.25) is 0 Å². The average molecular weight is 394 g/mol. The van der Waals surface area contributed by atoms with Crippen LogP contribution in [0.4, 0.5) is 0 Å². The van der Waals surface area contributed by atoms with Crippen molar-refractivity contribution in [2.45, 2.75) is 25.9 Å². The van der Waals surface area contributed by atoms with Gasteiger partial charge < -0.3 is 20.3 Å². The summed E-state index contributed by atoms with van der Waals surface area (Å²) in [4.78, 5) is 11.5. The fraction of sp³-hybridized carbons (Fsp3) is 0.278. The molecule has 24 heavy (non-hydrogen) atoms. The molecule has 2 rings (SSSR count). The molecular weight excluding hydrogens is 374 g/mol. The fourth-order valence-corrected chi connectivity index (χ4v) is 2.82. The summed E-state index contributed by atoms with van der Waals surface area (Å²) in [5.74, 6) is -0.486. The van der Waals surface area contributed by atoms with E-state index in [4.69, 9.17) is 4.74 Å². The number of carboxylic acid groups (broad SMARTS) is 1. The second-order valence-electron chi connectivity index (χ2n) is 5.32. The molecule has 0 bridgehead atoms. The average Bonchev–Trinajstić information content (AvgIpc) is 2.56. The minimum atomic E-state index is -0.901. The predicted molar refractivity (Wildman–Crippen MR) is 95.4 cm³/mol. The molecule has 0 saturated carbocycles. The van der Waals surface area contributed by atoms with Crippen molar-refractivity contribution in [2.75, 3.05) is 6.61 Å². The summed E-state index contributed by atoms with van der Waals surface area (Å²) in [6.45, 7) is 2.62. The number of nitrogens with one attached hydrogen (secondary N) is 1. The lowest BCUT2D eigenvalue weighted by Crippen LogP contribution is -2.38. The minimum Gasteiger partial charge on any atom is -0.503 e. The number of halogens is 1. The van der Waals surface area contributed by atoms with Gasteiger partial charge in [0.1, 0.15) is 6.04 Å². The molecule has 0 aliphatic rings. The third-order valence-electron chi connectivity index (χ3n) is 3.52. The molecule has 0 aliphatic heterocycles. The highest BCUT2D eigenvalue weighted by molar-refractivity contribution is 9.10. The van der Waals surface area contributed by atoms with Gasteiger partial charge in [0.05, 0.1) is 11.1 Å². The van der Waals surface area contributed by atoms with E-state index in [-0.39, 0.29) is 5.75 Å². The van der Waals surface area contributed by atoms with Crippen LogP contribution in [0.15, 0.2) is 46.9 Å². The van der Waals surface area contributed by atoms with Crippen LogP contribution in [-0.2, 0) is 17.8 Å². The largest absolute Gasteiger partial charge is 0.503 e. The molecule has 6 heteroatoms. The number of carboxylic acids is 1. The van der Waals surface area contributed by atoms with Crippen molar-refractivity contribution < 1.29 is 19.7 Å². The van der Waals surface area contributed by atoms with Crippen LogP contribution >= 0.6 is 15.9 Å². The number of phenolic OH excluding ortho intramolecular Hbond substituents is 1. The maximum absolute atomic E-state index is 11.5. The second-order valence-corrected chi connectivity index (χ2v) is 6.17. The number of hydrogen-bond acceptors (Lipinski definition) is 4. The van der Waals surface area contributed by atoms with Crippen LogP contribution in [0.5, 0.6) is 11.5 Å². The van der Waals surface area contributed by atoms with Crippen LogP contribution in [0.1, 0.15) is 18.1 Å². The Labute approximate surface area is 149 Å².